The van der Waals surface area contributed by atoms with E-state index >= 15 is 0 Å². The number of rotatable bonds is 2. The van der Waals surface area contributed by atoms with E-state index in [1.807, 2.05) is 0 Å². The molecule has 92 valence electrons. The maximum atomic E-state index is 2.53. The van der Waals surface area contributed by atoms with Gasteiger partial charge in [0.2, 0.25) is 0 Å². The predicted octanol–water partition coefficient (Wildman–Crippen LogP) is 2.71. The molecular weight excluding hydrogens is 208 g/mol. The Morgan fingerprint density at radius 1 is 1.12 bits per heavy atom. The molecule has 2 heteroatoms. The van der Waals surface area contributed by atoms with Crippen LogP contribution in [-0.4, -0.2) is 38.1 Å². The van der Waals surface area contributed by atoms with E-state index in [0.29, 0.717) is 0 Å². The van der Waals surface area contributed by atoms with Crippen molar-refractivity contribution >= 4 is 5.69 Å². The van der Waals surface area contributed by atoms with Crippen LogP contribution >= 0.6 is 0 Å². The Balaban J connectivity index is 1.78. The van der Waals surface area contributed by atoms with E-state index in [9.17, 15) is 0 Å². The Morgan fingerprint density at radius 3 is 2.65 bits per heavy atom. The minimum absolute atomic E-state index is 0.752. The van der Waals surface area contributed by atoms with E-state index in [4.69, 9.17) is 0 Å². The van der Waals surface area contributed by atoms with Crippen molar-refractivity contribution < 1.29 is 0 Å². The molecule has 1 aromatic rings. The van der Waals surface area contributed by atoms with Gasteiger partial charge in [-0.2, -0.15) is 0 Å². The highest BCUT2D eigenvalue weighted by Gasteiger charge is 2.22. The second-order valence-electron chi connectivity index (χ2n) is 5.54. The van der Waals surface area contributed by atoms with E-state index in [1.165, 1.54) is 51.1 Å². The van der Waals surface area contributed by atoms with Gasteiger partial charge in [-0.3, -0.25) is 0 Å². The maximum absolute atomic E-state index is 2.53. The molecule has 0 amide bonds. The summed E-state index contributed by atoms with van der Waals surface area (Å²) in [5.74, 6) is 0.752. The molecule has 1 aromatic carbocycles. The lowest BCUT2D eigenvalue weighted by molar-refractivity contribution is 0.411. The summed E-state index contributed by atoms with van der Waals surface area (Å²) in [5, 5.41) is 0. The third kappa shape index (κ3) is 2.32. The van der Waals surface area contributed by atoms with E-state index < -0.39 is 0 Å². The molecule has 0 bridgehead atoms. The second kappa shape index (κ2) is 4.69. The summed E-state index contributed by atoms with van der Waals surface area (Å²) in [6.45, 7) is 4.96. The minimum Gasteiger partial charge on any atom is -0.372 e. The van der Waals surface area contributed by atoms with Gasteiger partial charge in [0.1, 0.15) is 0 Å². The normalized spacial score (nSPS) is 25.7. The maximum Gasteiger partial charge on any atom is 0.0369 e. The molecular formula is C15H22N2. The average Bonchev–Trinajstić information content (AvgIpc) is 3.00. The Bertz CT molecular complexity index is 382. The van der Waals surface area contributed by atoms with Crippen molar-refractivity contribution in [1.29, 1.82) is 0 Å². The summed E-state index contributed by atoms with van der Waals surface area (Å²) in [7, 11) is 2.23. The zero-order valence-electron chi connectivity index (χ0n) is 10.7. The predicted molar refractivity (Wildman–Crippen MR) is 72.7 cm³/mol. The Labute approximate surface area is 104 Å². The smallest absolute Gasteiger partial charge is 0.0369 e. The van der Waals surface area contributed by atoms with E-state index in [1.54, 1.807) is 5.56 Å². The lowest BCUT2D eigenvalue weighted by Crippen LogP contribution is -2.18. The number of nitrogens with zero attached hydrogens (tertiary/aromatic N) is 2. The SMILES string of the molecule is CN1CC[C@@H](c2cccc(N3CCCC3)c2)C1. The molecule has 2 aliphatic heterocycles. The van der Waals surface area contributed by atoms with Gasteiger partial charge in [0.25, 0.3) is 0 Å². The van der Waals surface area contributed by atoms with Crippen LogP contribution in [0.25, 0.3) is 0 Å². The summed E-state index contributed by atoms with van der Waals surface area (Å²) in [4.78, 5) is 4.97. The second-order valence-corrected chi connectivity index (χ2v) is 5.54. The van der Waals surface area contributed by atoms with Gasteiger partial charge in [-0.05, 0) is 56.5 Å². The van der Waals surface area contributed by atoms with Crippen LogP contribution in [0, 0.1) is 0 Å². The molecule has 0 saturated carbocycles. The highest BCUT2D eigenvalue weighted by molar-refractivity contribution is 5.50. The van der Waals surface area contributed by atoms with Crippen LogP contribution in [0.4, 0.5) is 5.69 Å². The van der Waals surface area contributed by atoms with E-state index in [0.717, 1.165) is 5.92 Å². The molecule has 0 N–H and O–H groups in total. The zero-order chi connectivity index (χ0) is 11.7. The lowest BCUT2D eigenvalue weighted by atomic mass is 9.98. The molecule has 1 atom stereocenters. The van der Waals surface area contributed by atoms with Gasteiger partial charge in [-0.15, -0.1) is 0 Å². The van der Waals surface area contributed by atoms with Gasteiger partial charge < -0.3 is 9.80 Å². The number of anilines is 1. The molecule has 0 radical (unpaired) electrons. The first-order valence-electron chi connectivity index (χ1n) is 6.86. The standard InChI is InChI=1S/C15H22N2/c1-16-10-7-14(12-16)13-5-4-6-15(11-13)17-8-2-3-9-17/h4-6,11,14H,2-3,7-10,12H2,1H3/t14-/m1/s1. The van der Waals surface area contributed by atoms with Crippen LogP contribution in [0.5, 0.6) is 0 Å². The lowest BCUT2D eigenvalue weighted by Gasteiger charge is -2.20. The summed E-state index contributed by atoms with van der Waals surface area (Å²) in [6, 6.07) is 9.24. The molecule has 3 rings (SSSR count). The van der Waals surface area contributed by atoms with Crippen LogP contribution in [0.3, 0.4) is 0 Å². The zero-order valence-corrected chi connectivity index (χ0v) is 10.7. The van der Waals surface area contributed by atoms with Gasteiger partial charge in [0.15, 0.2) is 0 Å². The Hall–Kier alpha value is -1.02. The quantitative estimate of drug-likeness (QED) is 0.771. The third-order valence-electron chi connectivity index (χ3n) is 4.20. The molecule has 0 aliphatic carbocycles. The summed E-state index contributed by atoms with van der Waals surface area (Å²) in [5.41, 5.74) is 2.98. The first kappa shape index (κ1) is 11.1. The Kier molecular flexibility index (Phi) is 3.06. The van der Waals surface area contributed by atoms with Gasteiger partial charge in [-0.25, -0.2) is 0 Å². The largest absolute Gasteiger partial charge is 0.372 e. The fourth-order valence-corrected chi connectivity index (χ4v) is 3.16. The van der Waals surface area contributed by atoms with Crippen LogP contribution in [0.15, 0.2) is 24.3 Å². The van der Waals surface area contributed by atoms with Gasteiger partial charge in [0, 0.05) is 25.3 Å². The van der Waals surface area contributed by atoms with Crippen molar-refractivity contribution in [2.24, 2.45) is 0 Å². The molecule has 17 heavy (non-hydrogen) atoms. The topological polar surface area (TPSA) is 6.48 Å². The highest BCUT2D eigenvalue weighted by Crippen LogP contribution is 2.29. The minimum atomic E-state index is 0.752. The molecule has 0 unspecified atom stereocenters. The molecule has 2 saturated heterocycles. The molecule has 0 spiro atoms. The summed E-state index contributed by atoms with van der Waals surface area (Å²) < 4.78 is 0. The molecule has 2 fully saturated rings. The Morgan fingerprint density at radius 2 is 1.94 bits per heavy atom. The number of hydrogen-bond acceptors (Lipinski definition) is 2. The molecule has 2 aliphatic rings. The monoisotopic (exact) mass is 230 g/mol. The number of likely N-dealkylation sites (N-methyl/N-ethyl adjacent to an activating group) is 1. The number of hydrogen-bond donors (Lipinski definition) is 0. The van der Waals surface area contributed by atoms with Crippen molar-refractivity contribution in [1.82, 2.24) is 4.90 Å². The van der Waals surface area contributed by atoms with E-state index in [-0.39, 0.29) is 0 Å². The number of likely N-dealkylation sites (tertiary alicyclic amines) is 1. The van der Waals surface area contributed by atoms with E-state index in [2.05, 4.69) is 41.1 Å². The van der Waals surface area contributed by atoms with Crippen molar-refractivity contribution in [3.8, 4) is 0 Å². The van der Waals surface area contributed by atoms with Gasteiger partial charge in [-0.1, -0.05) is 12.1 Å². The highest BCUT2D eigenvalue weighted by atomic mass is 15.1. The fraction of sp³-hybridized carbons (Fsp3) is 0.600. The average molecular weight is 230 g/mol. The van der Waals surface area contributed by atoms with Crippen molar-refractivity contribution in [2.45, 2.75) is 25.2 Å². The van der Waals surface area contributed by atoms with Crippen molar-refractivity contribution in [3.63, 3.8) is 0 Å². The first-order valence-corrected chi connectivity index (χ1v) is 6.86. The fourth-order valence-electron chi connectivity index (χ4n) is 3.16. The molecule has 2 heterocycles. The summed E-state index contributed by atoms with van der Waals surface area (Å²) >= 11 is 0. The van der Waals surface area contributed by atoms with Gasteiger partial charge >= 0.3 is 0 Å². The third-order valence-corrected chi connectivity index (χ3v) is 4.20. The first-order chi connectivity index (χ1) is 8.33. The number of benzene rings is 1. The van der Waals surface area contributed by atoms with Gasteiger partial charge in [0.05, 0.1) is 0 Å². The van der Waals surface area contributed by atoms with Crippen molar-refractivity contribution in [2.75, 3.05) is 38.1 Å². The van der Waals surface area contributed by atoms with Crippen LogP contribution < -0.4 is 4.90 Å². The molecule has 2 nitrogen and oxygen atoms in total. The molecule has 0 aromatic heterocycles. The summed E-state index contributed by atoms with van der Waals surface area (Å²) in [6.07, 6.45) is 4.03. The van der Waals surface area contributed by atoms with Crippen LogP contribution in [0.2, 0.25) is 0 Å². The van der Waals surface area contributed by atoms with Crippen molar-refractivity contribution in [3.05, 3.63) is 29.8 Å². The van der Waals surface area contributed by atoms with Crippen LogP contribution in [0.1, 0.15) is 30.7 Å². The van der Waals surface area contributed by atoms with Crippen LogP contribution in [-0.2, 0) is 0 Å².